The van der Waals surface area contributed by atoms with Gasteiger partial charge < -0.3 is 14.9 Å². The van der Waals surface area contributed by atoms with Crippen molar-refractivity contribution in [2.45, 2.75) is 71.8 Å². The van der Waals surface area contributed by atoms with Crippen LogP contribution in [0.4, 0.5) is 0 Å². The van der Waals surface area contributed by atoms with Crippen molar-refractivity contribution in [1.82, 2.24) is 9.80 Å². The summed E-state index contributed by atoms with van der Waals surface area (Å²) >= 11 is 0. The summed E-state index contributed by atoms with van der Waals surface area (Å²) in [6.45, 7) is 7.03. The van der Waals surface area contributed by atoms with Crippen LogP contribution in [0, 0.1) is 17.8 Å². The Balaban J connectivity index is 1.90. The molecule has 1 atom stereocenters. The van der Waals surface area contributed by atoms with Crippen LogP contribution in [0.25, 0.3) is 0 Å². The van der Waals surface area contributed by atoms with Crippen LogP contribution >= 0.6 is 0 Å². The maximum Gasteiger partial charge on any atom is 0.323 e. The van der Waals surface area contributed by atoms with Gasteiger partial charge in [-0.15, -0.1) is 0 Å². The number of hydrogen-bond donors (Lipinski definition) is 1. The summed E-state index contributed by atoms with van der Waals surface area (Å²) in [5, 5.41) is 9.05. The zero-order chi connectivity index (χ0) is 19.3. The highest BCUT2D eigenvalue weighted by Crippen LogP contribution is 2.34. The van der Waals surface area contributed by atoms with Crippen LogP contribution in [0.5, 0.6) is 0 Å². The fourth-order valence-electron chi connectivity index (χ4n) is 4.55. The van der Waals surface area contributed by atoms with Gasteiger partial charge >= 0.3 is 5.97 Å². The van der Waals surface area contributed by atoms with E-state index in [9.17, 15) is 14.4 Å². The van der Waals surface area contributed by atoms with E-state index in [0.717, 1.165) is 51.0 Å². The molecule has 1 saturated carbocycles. The molecule has 1 saturated heterocycles. The van der Waals surface area contributed by atoms with E-state index in [4.69, 9.17) is 5.11 Å². The number of aliphatic carboxylic acids is 1. The second kappa shape index (κ2) is 9.38. The lowest BCUT2D eigenvalue weighted by Gasteiger charge is -2.33. The molecule has 1 aliphatic heterocycles. The summed E-state index contributed by atoms with van der Waals surface area (Å²) < 4.78 is 0. The van der Waals surface area contributed by atoms with Crippen LogP contribution in [-0.4, -0.2) is 58.4 Å². The zero-order valence-electron chi connectivity index (χ0n) is 16.4. The molecule has 0 aromatic rings. The Labute approximate surface area is 156 Å². The molecule has 1 aliphatic carbocycles. The molecule has 0 spiro atoms. The molecule has 1 unspecified atom stereocenters. The Hall–Kier alpha value is -1.59. The van der Waals surface area contributed by atoms with E-state index in [1.54, 1.807) is 0 Å². The van der Waals surface area contributed by atoms with Crippen molar-refractivity contribution in [3.05, 3.63) is 0 Å². The second-order valence-electron chi connectivity index (χ2n) is 8.31. The van der Waals surface area contributed by atoms with Crippen molar-refractivity contribution in [2.75, 3.05) is 19.6 Å². The van der Waals surface area contributed by atoms with E-state index in [2.05, 4.69) is 13.8 Å². The first-order valence-corrected chi connectivity index (χ1v) is 10.1. The monoisotopic (exact) mass is 366 g/mol. The van der Waals surface area contributed by atoms with Gasteiger partial charge in [-0.2, -0.15) is 0 Å². The standard InChI is InChI=1S/C20H34N2O4/c1-14(2)16-6-8-17(9-7-16)20(26)21-11-4-5-18(10-12-21)22(15(3)23)13-19(24)25/h14,16-18H,4-13H2,1-3H3,(H,24,25). The lowest BCUT2D eigenvalue weighted by molar-refractivity contribution is -0.145. The third-order valence-electron chi connectivity index (χ3n) is 6.22. The molecule has 6 nitrogen and oxygen atoms in total. The van der Waals surface area contributed by atoms with E-state index in [1.807, 2.05) is 4.90 Å². The molecule has 2 aliphatic rings. The highest BCUT2D eigenvalue weighted by molar-refractivity contribution is 5.80. The van der Waals surface area contributed by atoms with Gasteiger partial charge in [-0.3, -0.25) is 14.4 Å². The topological polar surface area (TPSA) is 77.9 Å². The van der Waals surface area contributed by atoms with Gasteiger partial charge in [0, 0.05) is 32.0 Å². The largest absolute Gasteiger partial charge is 0.480 e. The maximum absolute atomic E-state index is 12.9. The molecule has 0 aromatic heterocycles. The van der Waals surface area contributed by atoms with Crippen LogP contribution in [0.15, 0.2) is 0 Å². The zero-order valence-corrected chi connectivity index (χ0v) is 16.4. The van der Waals surface area contributed by atoms with E-state index < -0.39 is 5.97 Å². The predicted octanol–water partition coefficient (Wildman–Crippen LogP) is 2.76. The number of rotatable bonds is 5. The van der Waals surface area contributed by atoms with E-state index in [1.165, 1.54) is 11.8 Å². The first-order valence-electron chi connectivity index (χ1n) is 10.1. The van der Waals surface area contributed by atoms with Crippen LogP contribution in [-0.2, 0) is 14.4 Å². The summed E-state index contributed by atoms with van der Waals surface area (Å²) in [6, 6.07) is -0.0851. The number of hydrogen-bond acceptors (Lipinski definition) is 3. The fraction of sp³-hybridized carbons (Fsp3) is 0.850. The number of carbonyl (C=O) groups excluding carboxylic acids is 2. The molecule has 1 heterocycles. The lowest BCUT2D eigenvalue weighted by Crippen LogP contribution is -2.43. The average molecular weight is 367 g/mol. The number of carboxylic acids is 1. The highest BCUT2D eigenvalue weighted by Gasteiger charge is 2.32. The molecule has 26 heavy (non-hydrogen) atoms. The normalized spacial score (nSPS) is 27.1. The number of likely N-dealkylation sites (tertiary alicyclic amines) is 1. The minimum atomic E-state index is -0.987. The van der Waals surface area contributed by atoms with Crippen molar-refractivity contribution in [2.24, 2.45) is 17.8 Å². The summed E-state index contributed by atoms with van der Waals surface area (Å²) in [5.74, 6) is 0.651. The molecule has 148 valence electrons. The fourth-order valence-corrected chi connectivity index (χ4v) is 4.55. The second-order valence-corrected chi connectivity index (χ2v) is 8.31. The first-order chi connectivity index (χ1) is 12.3. The Morgan fingerprint density at radius 2 is 1.69 bits per heavy atom. The van der Waals surface area contributed by atoms with Gasteiger partial charge in [0.05, 0.1) is 0 Å². The van der Waals surface area contributed by atoms with Gasteiger partial charge in [-0.25, -0.2) is 0 Å². The van der Waals surface area contributed by atoms with Crippen LogP contribution in [0.3, 0.4) is 0 Å². The average Bonchev–Trinajstić information content (AvgIpc) is 2.84. The number of nitrogens with zero attached hydrogens (tertiary/aromatic N) is 2. The Morgan fingerprint density at radius 3 is 2.23 bits per heavy atom. The summed E-state index contributed by atoms with van der Waals surface area (Å²) in [5.41, 5.74) is 0. The van der Waals surface area contributed by atoms with Gasteiger partial charge in [0.25, 0.3) is 0 Å². The molecular weight excluding hydrogens is 332 g/mol. The number of carboxylic acid groups (broad SMARTS) is 1. The van der Waals surface area contributed by atoms with Gasteiger partial charge in [0.2, 0.25) is 11.8 Å². The van der Waals surface area contributed by atoms with Gasteiger partial charge in [-0.1, -0.05) is 13.8 Å². The highest BCUT2D eigenvalue weighted by atomic mass is 16.4. The quantitative estimate of drug-likeness (QED) is 0.811. The third kappa shape index (κ3) is 5.45. The van der Waals surface area contributed by atoms with Gasteiger partial charge in [0.15, 0.2) is 0 Å². The summed E-state index contributed by atoms with van der Waals surface area (Å²) in [7, 11) is 0. The molecule has 0 radical (unpaired) electrons. The van der Waals surface area contributed by atoms with Crippen molar-refractivity contribution in [3.63, 3.8) is 0 Å². The minimum Gasteiger partial charge on any atom is -0.480 e. The van der Waals surface area contributed by atoms with E-state index in [-0.39, 0.29) is 30.3 Å². The summed E-state index contributed by atoms with van der Waals surface area (Å²) in [4.78, 5) is 39.2. The molecule has 6 heteroatoms. The van der Waals surface area contributed by atoms with Crippen molar-refractivity contribution >= 4 is 17.8 Å². The van der Waals surface area contributed by atoms with Crippen LogP contribution < -0.4 is 0 Å². The van der Waals surface area contributed by atoms with Crippen LogP contribution in [0.1, 0.15) is 65.7 Å². The third-order valence-corrected chi connectivity index (χ3v) is 6.22. The lowest BCUT2D eigenvalue weighted by atomic mass is 9.76. The number of carbonyl (C=O) groups is 3. The minimum absolute atomic E-state index is 0.0851. The predicted molar refractivity (Wildman–Crippen MR) is 99.5 cm³/mol. The smallest absolute Gasteiger partial charge is 0.323 e. The number of amides is 2. The molecule has 2 fully saturated rings. The summed E-state index contributed by atoms with van der Waals surface area (Å²) in [6.07, 6.45) is 6.50. The Bertz CT molecular complexity index is 512. The molecule has 2 amide bonds. The molecular formula is C20H34N2O4. The Morgan fingerprint density at radius 1 is 1.04 bits per heavy atom. The SMILES string of the molecule is CC(=O)N(CC(=O)O)C1CCCN(C(=O)C2CCC(C(C)C)CC2)CC1. The molecule has 0 aromatic carbocycles. The molecule has 0 bridgehead atoms. The first kappa shape index (κ1) is 20.7. The Kier molecular flexibility index (Phi) is 7.47. The van der Waals surface area contributed by atoms with Crippen LogP contribution in [0.2, 0.25) is 0 Å². The van der Waals surface area contributed by atoms with Crippen molar-refractivity contribution < 1.29 is 19.5 Å². The van der Waals surface area contributed by atoms with Crippen molar-refractivity contribution in [1.29, 1.82) is 0 Å². The molecule has 1 N–H and O–H groups in total. The maximum atomic E-state index is 12.9. The molecule has 2 rings (SSSR count). The van der Waals surface area contributed by atoms with E-state index in [0.29, 0.717) is 18.9 Å². The van der Waals surface area contributed by atoms with E-state index >= 15 is 0 Å². The van der Waals surface area contributed by atoms with Gasteiger partial charge in [0.1, 0.15) is 6.54 Å². The van der Waals surface area contributed by atoms with Gasteiger partial charge in [-0.05, 0) is 56.8 Å². The van der Waals surface area contributed by atoms with Crippen molar-refractivity contribution in [3.8, 4) is 0 Å².